The van der Waals surface area contributed by atoms with E-state index < -0.39 is 0 Å². The summed E-state index contributed by atoms with van der Waals surface area (Å²) in [6, 6.07) is 8.35. The number of anilines is 1. The molecular formula is C14H22IN3O. The average molecular weight is 375 g/mol. The van der Waals surface area contributed by atoms with Crippen LogP contribution >= 0.6 is 22.6 Å². The molecule has 0 heterocycles. The fourth-order valence-corrected chi connectivity index (χ4v) is 2.12. The number of nitrogens with zero attached hydrogens (tertiary/aromatic N) is 1. The van der Waals surface area contributed by atoms with Gasteiger partial charge in [0.1, 0.15) is 5.84 Å². The molecule has 0 saturated heterocycles. The fraction of sp³-hybridized carbons (Fsp3) is 0.500. The van der Waals surface area contributed by atoms with Gasteiger partial charge in [0, 0.05) is 21.2 Å². The van der Waals surface area contributed by atoms with Crippen molar-refractivity contribution in [3.63, 3.8) is 0 Å². The predicted octanol–water partition coefficient (Wildman–Crippen LogP) is 3.65. The van der Waals surface area contributed by atoms with Crippen molar-refractivity contribution in [2.45, 2.75) is 33.1 Å². The number of halogens is 1. The van der Waals surface area contributed by atoms with Crippen molar-refractivity contribution in [2.75, 3.05) is 11.9 Å². The van der Waals surface area contributed by atoms with Crippen LogP contribution in [0.1, 0.15) is 33.1 Å². The summed E-state index contributed by atoms with van der Waals surface area (Å²) >= 11 is 2.29. The summed E-state index contributed by atoms with van der Waals surface area (Å²) < 4.78 is 1.24. The van der Waals surface area contributed by atoms with Gasteiger partial charge in [0.2, 0.25) is 0 Å². The Morgan fingerprint density at radius 1 is 1.32 bits per heavy atom. The van der Waals surface area contributed by atoms with E-state index in [0.29, 0.717) is 5.84 Å². The second-order valence-electron chi connectivity index (χ2n) is 5.26. The average Bonchev–Trinajstić information content (AvgIpc) is 2.39. The Kier molecular flexibility index (Phi) is 6.41. The molecule has 0 bridgehead atoms. The number of hydrogen-bond acceptors (Lipinski definition) is 3. The second kappa shape index (κ2) is 7.57. The lowest BCUT2D eigenvalue weighted by molar-refractivity contribution is 0.304. The van der Waals surface area contributed by atoms with Gasteiger partial charge in [0.05, 0.1) is 0 Å². The SMILES string of the molecule is CC(C)(CCCCNc1ccc(I)cc1)/C(N)=N/O. The summed E-state index contributed by atoms with van der Waals surface area (Å²) in [4.78, 5) is 0. The van der Waals surface area contributed by atoms with Crippen LogP contribution < -0.4 is 11.1 Å². The van der Waals surface area contributed by atoms with E-state index >= 15 is 0 Å². The molecule has 0 aromatic heterocycles. The highest BCUT2D eigenvalue weighted by atomic mass is 127. The van der Waals surface area contributed by atoms with Crippen molar-refractivity contribution < 1.29 is 5.21 Å². The molecule has 0 amide bonds. The molecule has 1 aromatic rings. The minimum Gasteiger partial charge on any atom is -0.409 e. The van der Waals surface area contributed by atoms with Crippen molar-refractivity contribution in [2.24, 2.45) is 16.3 Å². The molecule has 4 N–H and O–H groups in total. The van der Waals surface area contributed by atoms with Crippen LogP contribution in [-0.4, -0.2) is 17.6 Å². The Morgan fingerprint density at radius 2 is 1.95 bits per heavy atom. The van der Waals surface area contributed by atoms with Gasteiger partial charge in [-0.15, -0.1) is 0 Å². The molecule has 1 rings (SSSR count). The predicted molar refractivity (Wildman–Crippen MR) is 88.7 cm³/mol. The van der Waals surface area contributed by atoms with E-state index in [4.69, 9.17) is 10.9 Å². The largest absolute Gasteiger partial charge is 0.409 e. The maximum Gasteiger partial charge on any atom is 0.144 e. The van der Waals surface area contributed by atoms with Gasteiger partial charge in [0.15, 0.2) is 0 Å². The zero-order valence-electron chi connectivity index (χ0n) is 11.5. The molecular weight excluding hydrogens is 353 g/mol. The summed E-state index contributed by atoms with van der Waals surface area (Å²) in [6.45, 7) is 4.93. The summed E-state index contributed by atoms with van der Waals surface area (Å²) in [7, 11) is 0. The zero-order chi connectivity index (χ0) is 14.3. The van der Waals surface area contributed by atoms with Gasteiger partial charge in [-0.25, -0.2) is 0 Å². The Balaban J connectivity index is 2.23. The standard InChI is InChI=1S/C14H22IN3O/c1-14(2,13(16)18-19)9-3-4-10-17-12-7-5-11(15)6-8-12/h5-8,17,19H,3-4,9-10H2,1-2H3,(H2,16,18). The maximum atomic E-state index is 8.69. The maximum absolute atomic E-state index is 8.69. The van der Waals surface area contributed by atoms with Crippen molar-refractivity contribution in [1.29, 1.82) is 0 Å². The zero-order valence-corrected chi connectivity index (χ0v) is 13.6. The van der Waals surface area contributed by atoms with Gasteiger partial charge in [-0.05, 0) is 59.7 Å². The van der Waals surface area contributed by atoms with Crippen LogP contribution in [-0.2, 0) is 0 Å². The molecule has 0 atom stereocenters. The number of rotatable bonds is 7. The van der Waals surface area contributed by atoms with Crippen molar-refractivity contribution in [3.8, 4) is 0 Å². The molecule has 0 radical (unpaired) electrons. The summed E-state index contributed by atoms with van der Waals surface area (Å²) in [6.07, 6.45) is 3.02. The van der Waals surface area contributed by atoms with Crippen LogP contribution in [0.5, 0.6) is 0 Å². The third kappa shape index (κ3) is 5.67. The first-order valence-corrected chi connectivity index (χ1v) is 7.51. The Bertz CT molecular complexity index is 415. The summed E-state index contributed by atoms with van der Waals surface area (Å²) in [5, 5.41) is 15.2. The quantitative estimate of drug-likeness (QED) is 0.170. The highest BCUT2D eigenvalue weighted by Gasteiger charge is 2.22. The van der Waals surface area contributed by atoms with Gasteiger partial charge in [-0.3, -0.25) is 0 Å². The molecule has 0 aliphatic rings. The third-order valence-electron chi connectivity index (χ3n) is 3.20. The van der Waals surface area contributed by atoms with Crippen LogP contribution in [0.15, 0.2) is 29.4 Å². The van der Waals surface area contributed by atoms with Crippen LogP contribution in [0.25, 0.3) is 0 Å². The molecule has 106 valence electrons. The minimum atomic E-state index is -0.238. The number of unbranched alkanes of at least 4 members (excludes halogenated alkanes) is 1. The van der Waals surface area contributed by atoms with Crippen molar-refractivity contribution in [3.05, 3.63) is 27.8 Å². The van der Waals surface area contributed by atoms with Gasteiger partial charge in [0.25, 0.3) is 0 Å². The van der Waals surface area contributed by atoms with Crippen LogP contribution in [0.2, 0.25) is 0 Å². The molecule has 0 fully saturated rings. The van der Waals surface area contributed by atoms with Gasteiger partial charge in [-0.2, -0.15) is 0 Å². The molecule has 1 aromatic carbocycles. The fourth-order valence-electron chi connectivity index (χ4n) is 1.76. The van der Waals surface area contributed by atoms with Crippen LogP contribution in [0.4, 0.5) is 5.69 Å². The van der Waals surface area contributed by atoms with Crippen LogP contribution in [0.3, 0.4) is 0 Å². The number of hydrogen-bond donors (Lipinski definition) is 3. The van der Waals surface area contributed by atoms with E-state index in [2.05, 4.69) is 57.3 Å². The van der Waals surface area contributed by atoms with E-state index in [0.717, 1.165) is 31.5 Å². The number of amidine groups is 1. The molecule has 0 aliphatic carbocycles. The normalized spacial score (nSPS) is 12.5. The van der Waals surface area contributed by atoms with Crippen molar-refractivity contribution in [1.82, 2.24) is 0 Å². The number of benzene rings is 1. The highest BCUT2D eigenvalue weighted by molar-refractivity contribution is 14.1. The molecule has 0 aliphatic heterocycles. The molecule has 19 heavy (non-hydrogen) atoms. The van der Waals surface area contributed by atoms with Gasteiger partial charge in [-0.1, -0.05) is 25.4 Å². The lowest BCUT2D eigenvalue weighted by atomic mass is 9.86. The number of nitrogens with two attached hydrogens (primary N) is 1. The molecule has 0 saturated carbocycles. The van der Waals surface area contributed by atoms with E-state index in [-0.39, 0.29) is 5.41 Å². The first-order chi connectivity index (χ1) is 8.95. The Hall–Kier alpha value is -0.980. The van der Waals surface area contributed by atoms with Crippen molar-refractivity contribution >= 4 is 34.1 Å². The van der Waals surface area contributed by atoms with Gasteiger partial charge >= 0.3 is 0 Å². The molecule has 0 spiro atoms. The Morgan fingerprint density at radius 3 is 2.53 bits per heavy atom. The van der Waals surface area contributed by atoms with Crippen LogP contribution in [0, 0.1) is 8.99 Å². The lowest BCUT2D eigenvalue weighted by Gasteiger charge is -2.22. The highest BCUT2D eigenvalue weighted by Crippen LogP contribution is 2.23. The number of nitrogens with one attached hydrogen (secondary N) is 1. The first-order valence-electron chi connectivity index (χ1n) is 6.43. The second-order valence-corrected chi connectivity index (χ2v) is 6.51. The summed E-state index contributed by atoms with van der Waals surface area (Å²) in [5.41, 5.74) is 6.57. The molecule has 0 unspecified atom stereocenters. The minimum absolute atomic E-state index is 0.238. The molecule has 4 nitrogen and oxygen atoms in total. The lowest BCUT2D eigenvalue weighted by Crippen LogP contribution is -2.31. The van der Waals surface area contributed by atoms with E-state index in [1.54, 1.807) is 0 Å². The first kappa shape index (κ1) is 16.1. The van der Waals surface area contributed by atoms with Gasteiger partial charge < -0.3 is 16.3 Å². The summed E-state index contributed by atoms with van der Waals surface area (Å²) in [5.74, 6) is 0.304. The van der Waals surface area contributed by atoms with E-state index in [1.165, 1.54) is 3.57 Å². The monoisotopic (exact) mass is 375 g/mol. The van der Waals surface area contributed by atoms with E-state index in [1.807, 2.05) is 13.8 Å². The van der Waals surface area contributed by atoms with E-state index in [9.17, 15) is 0 Å². The smallest absolute Gasteiger partial charge is 0.144 e. The molecule has 5 heteroatoms. The Labute approximate surface area is 128 Å². The third-order valence-corrected chi connectivity index (χ3v) is 3.92. The topological polar surface area (TPSA) is 70.6 Å². The number of oxime groups is 1.